The van der Waals surface area contributed by atoms with Gasteiger partial charge in [0.15, 0.2) is 0 Å². The number of thiophene rings is 1. The van der Waals surface area contributed by atoms with Gasteiger partial charge in [-0.25, -0.2) is 0 Å². The number of hydrogen-bond donors (Lipinski definition) is 0. The Morgan fingerprint density at radius 1 is 1.32 bits per heavy atom. The number of allylic oxidation sites excluding steroid dienone is 1. The van der Waals surface area contributed by atoms with Gasteiger partial charge in [0, 0.05) is 43.7 Å². The molecule has 5 heteroatoms. The van der Waals surface area contributed by atoms with E-state index in [-0.39, 0.29) is 5.91 Å². The summed E-state index contributed by atoms with van der Waals surface area (Å²) in [6, 6.07) is 4.02. The van der Waals surface area contributed by atoms with Crippen molar-refractivity contribution in [1.29, 1.82) is 0 Å². The fraction of sp³-hybridized carbons (Fsp3) is 0.500. The van der Waals surface area contributed by atoms with Crippen molar-refractivity contribution in [3.63, 3.8) is 0 Å². The van der Waals surface area contributed by atoms with Gasteiger partial charge in [0.1, 0.15) is 0 Å². The van der Waals surface area contributed by atoms with E-state index in [1.807, 2.05) is 24.8 Å². The van der Waals surface area contributed by atoms with Crippen molar-refractivity contribution in [2.45, 2.75) is 20.4 Å². The SMILES string of the molecule is CC(C)=CC(=O)N1CCN(Cc2ccc(Cl)s2)CC1. The highest BCUT2D eigenvalue weighted by Gasteiger charge is 2.20. The average molecular weight is 299 g/mol. The molecule has 19 heavy (non-hydrogen) atoms. The monoisotopic (exact) mass is 298 g/mol. The summed E-state index contributed by atoms with van der Waals surface area (Å²) in [5.41, 5.74) is 1.06. The molecule has 0 aliphatic carbocycles. The van der Waals surface area contributed by atoms with Gasteiger partial charge in [-0.15, -0.1) is 11.3 Å². The van der Waals surface area contributed by atoms with Crippen molar-refractivity contribution in [3.05, 3.63) is 33.0 Å². The van der Waals surface area contributed by atoms with Crippen LogP contribution in [-0.2, 0) is 11.3 Å². The van der Waals surface area contributed by atoms with E-state index in [1.165, 1.54) is 4.88 Å². The highest BCUT2D eigenvalue weighted by atomic mass is 35.5. The van der Waals surface area contributed by atoms with E-state index >= 15 is 0 Å². The van der Waals surface area contributed by atoms with Crippen LogP contribution in [0.5, 0.6) is 0 Å². The smallest absolute Gasteiger partial charge is 0.246 e. The molecule has 0 atom stereocenters. The summed E-state index contributed by atoms with van der Waals surface area (Å²) in [4.78, 5) is 17.5. The minimum Gasteiger partial charge on any atom is -0.337 e. The summed E-state index contributed by atoms with van der Waals surface area (Å²) in [5, 5.41) is 0. The molecule has 0 radical (unpaired) electrons. The molecule has 0 bridgehead atoms. The Balaban J connectivity index is 1.82. The van der Waals surface area contributed by atoms with E-state index in [1.54, 1.807) is 17.4 Å². The van der Waals surface area contributed by atoms with Gasteiger partial charge in [0.2, 0.25) is 5.91 Å². The number of hydrogen-bond acceptors (Lipinski definition) is 3. The molecule has 1 aliphatic heterocycles. The molecular weight excluding hydrogens is 280 g/mol. The molecule has 2 rings (SSSR count). The lowest BCUT2D eigenvalue weighted by atomic mass is 10.2. The molecule has 1 amide bonds. The van der Waals surface area contributed by atoms with Crippen LogP contribution < -0.4 is 0 Å². The van der Waals surface area contributed by atoms with E-state index < -0.39 is 0 Å². The number of rotatable bonds is 3. The summed E-state index contributed by atoms with van der Waals surface area (Å²) in [6.45, 7) is 8.31. The quantitative estimate of drug-likeness (QED) is 0.801. The maximum absolute atomic E-state index is 11.9. The van der Waals surface area contributed by atoms with E-state index in [9.17, 15) is 4.79 Å². The van der Waals surface area contributed by atoms with Crippen molar-refractivity contribution < 1.29 is 4.79 Å². The first-order valence-electron chi connectivity index (χ1n) is 6.45. The number of amides is 1. The van der Waals surface area contributed by atoms with E-state index in [0.717, 1.165) is 42.6 Å². The van der Waals surface area contributed by atoms with Crippen LogP contribution in [0, 0.1) is 0 Å². The molecule has 0 N–H and O–H groups in total. The minimum atomic E-state index is 0.138. The van der Waals surface area contributed by atoms with Crippen LogP contribution >= 0.6 is 22.9 Å². The topological polar surface area (TPSA) is 23.6 Å². The zero-order valence-corrected chi connectivity index (χ0v) is 12.9. The Morgan fingerprint density at radius 3 is 2.53 bits per heavy atom. The minimum absolute atomic E-state index is 0.138. The van der Waals surface area contributed by atoms with Gasteiger partial charge in [-0.1, -0.05) is 17.2 Å². The van der Waals surface area contributed by atoms with Crippen LogP contribution in [0.2, 0.25) is 4.34 Å². The van der Waals surface area contributed by atoms with Crippen molar-refractivity contribution in [3.8, 4) is 0 Å². The maximum atomic E-state index is 11.9. The average Bonchev–Trinajstić information content (AvgIpc) is 2.75. The first-order valence-corrected chi connectivity index (χ1v) is 7.64. The summed E-state index contributed by atoms with van der Waals surface area (Å²) >= 11 is 7.56. The number of halogens is 1. The molecule has 0 aromatic carbocycles. The molecular formula is C14H19ClN2OS. The zero-order chi connectivity index (χ0) is 13.8. The van der Waals surface area contributed by atoms with Crippen molar-refractivity contribution in [2.24, 2.45) is 0 Å². The lowest BCUT2D eigenvalue weighted by molar-refractivity contribution is -0.127. The van der Waals surface area contributed by atoms with Gasteiger partial charge in [0.25, 0.3) is 0 Å². The second kappa shape index (κ2) is 6.55. The molecule has 1 aliphatic rings. The normalized spacial score (nSPS) is 16.5. The van der Waals surface area contributed by atoms with Crippen LogP contribution in [0.25, 0.3) is 0 Å². The molecule has 2 heterocycles. The molecule has 1 fully saturated rings. The van der Waals surface area contributed by atoms with Crippen molar-refractivity contribution in [2.75, 3.05) is 26.2 Å². The van der Waals surface area contributed by atoms with Gasteiger partial charge in [-0.05, 0) is 26.0 Å². The molecule has 104 valence electrons. The fourth-order valence-electron chi connectivity index (χ4n) is 2.12. The van der Waals surface area contributed by atoms with Gasteiger partial charge in [-0.3, -0.25) is 9.69 Å². The third-order valence-corrected chi connectivity index (χ3v) is 4.32. The standard InChI is InChI=1S/C14H19ClN2OS/c1-11(2)9-14(18)17-7-5-16(6-8-17)10-12-3-4-13(15)19-12/h3-4,9H,5-8,10H2,1-2H3. The maximum Gasteiger partial charge on any atom is 0.246 e. The van der Waals surface area contributed by atoms with Crippen LogP contribution in [-0.4, -0.2) is 41.9 Å². The lowest BCUT2D eigenvalue weighted by Crippen LogP contribution is -2.47. The predicted octanol–water partition coefficient (Wildman–Crippen LogP) is 3.01. The molecule has 0 spiro atoms. The summed E-state index contributed by atoms with van der Waals surface area (Å²) in [7, 11) is 0. The third kappa shape index (κ3) is 4.34. The Morgan fingerprint density at radius 2 is 2.00 bits per heavy atom. The van der Waals surface area contributed by atoms with E-state index in [0.29, 0.717) is 0 Å². The van der Waals surface area contributed by atoms with Crippen LogP contribution in [0.4, 0.5) is 0 Å². The molecule has 0 saturated carbocycles. The highest BCUT2D eigenvalue weighted by molar-refractivity contribution is 7.16. The Hall–Kier alpha value is -0.840. The molecule has 1 aromatic heterocycles. The first-order chi connectivity index (χ1) is 9.04. The van der Waals surface area contributed by atoms with Gasteiger partial charge in [-0.2, -0.15) is 0 Å². The summed E-state index contributed by atoms with van der Waals surface area (Å²) in [6.07, 6.45) is 1.72. The third-order valence-electron chi connectivity index (χ3n) is 3.10. The molecule has 1 aromatic rings. The summed E-state index contributed by atoms with van der Waals surface area (Å²) < 4.78 is 0.840. The Kier molecular flexibility index (Phi) is 5.02. The van der Waals surface area contributed by atoms with E-state index in [2.05, 4.69) is 11.0 Å². The van der Waals surface area contributed by atoms with Gasteiger partial charge >= 0.3 is 0 Å². The zero-order valence-electron chi connectivity index (χ0n) is 11.4. The number of piperazine rings is 1. The Labute approximate surface area is 123 Å². The fourth-order valence-corrected chi connectivity index (χ4v) is 3.25. The molecule has 0 unspecified atom stereocenters. The lowest BCUT2D eigenvalue weighted by Gasteiger charge is -2.34. The summed E-state index contributed by atoms with van der Waals surface area (Å²) in [5.74, 6) is 0.138. The number of carbonyl (C=O) groups is 1. The predicted molar refractivity (Wildman–Crippen MR) is 80.6 cm³/mol. The van der Waals surface area contributed by atoms with Crippen molar-refractivity contribution in [1.82, 2.24) is 9.80 Å². The van der Waals surface area contributed by atoms with Crippen molar-refractivity contribution >= 4 is 28.8 Å². The largest absolute Gasteiger partial charge is 0.337 e. The van der Waals surface area contributed by atoms with E-state index in [4.69, 9.17) is 11.6 Å². The number of nitrogens with zero attached hydrogens (tertiary/aromatic N) is 2. The van der Waals surface area contributed by atoms with Crippen LogP contribution in [0.1, 0.15) is 18.7 Å². The van der Waals surface area contributed by atoms with Gasteiger partial charge in [0.05, 0.1) is 4.34 Å². The van der Waals surface area contributed by atoms with Gasteiger partial charge < -0.3 is 4.90 Å². The highest BCUT2D eigenvalue weighted by Crippen LogP contribution is 2.23. The number of carbonyl (C=O) groups excluding carboxylic acids is 1. The molecule has 3 nitrogen and oxygen atoms in total. The second-order valence-electron chi connectivity index (χ2n) is 5.03. The second-order valence-corrected chi connectivity index (χ2v) is 6.83. The van der Waals surface area contributed by atoms with Crippen LogP contribution in [0.3, 0.4) is 0 Å². The first kappa shape index (κ1) is 14.6. The van der Waals surface area contributed by atoms with Crippen LogP contribution in [0.15, 0.2) is 23.8 Å². The molecule has 1 saturated heterocycles. The Bertz CT molecular complexity index is 472.